The molecule has 0 aromatic heterocycles. The summed E-state index contributed by atoms with van der Waals surface area (Å²) in [4.78, 5) is 37.3. The molecule has 3 rings (SSSR count). The number of sulfone groups is 1. The van der Waals surface area contributed by atoms with Gasteiger partial charge in [0, 0.05) is 30.2 Å². The highest BCUT2D eigenvalue weighted by Crippen LogP contribution is 2.32. The zero-order valence-electron chi connectivity index (χ0n) is 17.7. The molecule has 0 amide bonds. The number of carbonyl (C=O) groups is 3. The molecule has 11 heteroatoms. The largest absolute Gasteiger partial charge is 0.374 e. The fourth-order valence-electron chi connectivity index (χ4n) is 3.76. The van der Waals surface area contributed by atoms with Crippen molar-refractivity contribution in [2.45, 2.75) is 49.6 Å². The molecule has 0 radical (unpaired) electrons. The molecular formula is C21H24Cl2O8S. The standard InChI is InChI=1S/C21H24Cl2O8S/c1-21(11-22)30-9-12(31-21)8-29-10-14-17(32(2,27)28)7-6-13(19(14)23)20(26)18-15(24)4-3-5-16(18)25/h6-7,12,18H,3-5,8-11H2,1-2H3. The molecule has 2 atom stereocenters. The van der Waals surface area contributed by atoms with Crippen molar-refractivity contribution in [3.8, 4) is 0 Å². The lowest BCUT2D eigenvalue weighted by Gasteiger charge is -2.21. The van der Waals surface area contributed by atoms with Crippen molar-refractivity contribution in [3.63, 3.8) is 0 Å². The molecule has 1 heterocycles. The average molecular weight is 507 g/mol. The Labute approximate surface area is 196 Å². The number of halogens is 2. The van der Waals surface area contributed by atoms with Gasteiger partial charge >= 0.3 is 0 Å². The molecule has 1 aromatic carbocycles. The number of benzene rings is 1. The van der Waals surface area contributed by atoms with Gasteiger partial charge in [-0.3, -0.25) is 14.4 Å². The number of rotatable bonds is 8. The van der Waals surface area contributed by atoms with Crippen molar-refractivity contribution in [2.24, 2.45) is 5.92 Å². The Morgan fingerprint density at radius 2 is 1.91 bits per heavy atom. The van der Waals surface area contributed by atoms with E-state index in [9.17, 15) is 22.8 Å². The van der Waals surface area contributed by atoms with Crippen LogP contribution in [-0.4, -0.2) is 63.0 Å². The third-order valence-corrected chi connectivity index (χ3v) is 7.50. The minimum Gasteiger partial charge on any atom is -0.374 e. The van der Waals surface area contributed by atoms with Gasteiger partial charge in [0.05, 0.1) is 35.6 Å². The highest BCUT2D eigenvalue weighted by atomic mass is 35.5. The Kier molecular flexibility index (Phi) is 7.79. The van der Waals surface area contributed by atoms with Crippen molar-refractivity contribution in [2.75, 3.05) is 25.3 Å². The number of alkyl halides is 1. The molecule has 2 unspecified atom stereocenters. The molecule has 0 N–H and O–H groups in total. The molecule has 32 heavy (non-hydrogen) atoms. The van der Waals surface area contributed by atoms with E-state index in [2.05, 4.69) is 0 Å². The SMILES string of the molecule is CC1(CCl)OCC(COCc2c(S(C)(=O)=O)ccc(C(=O)C3C(=O)CCCC3=O)c2Cl)O1. The molecule has 176 valence electrons. The summed E-state index contributed by atoms with van der Waals surface area (Å²) < 4.78 is 41.3. The minimum absolute atomic E-state index is 0.0732. The average Bonchev–Trinajstić information content (AvgIpc) is 3.09. The topological polar surface area (TPSA) is 113 Å². The lowest BCUT2D eigenvalue weighted by atomic mass is 9.81. The maximum absolute atomic E-state index is 13.0. The van der Waals surface area contributed by atoms with E-state index < -0.39 is 45.0 Å². The summed E-state index contributed by atoms with van der Waals surface area (Å²) >= 11 is 12.2. The second-order valence-corrected chi connectivity index (χ2v) is 10.7. The summed E-state index contributed by atoms with van der Waals surface area (Å²) in [6, 6.07) is 2.48. The maximum Gasteiger partial charge on any atom is 0.182 e. The zero-order chi connectivity index (χ0) is 23.7. The summed E-state index contributed by atoms with van der Waals surface area (Å²) in [5.41, 5.74) is -0.00354. The van der Waals surface area contributed by atoms with Crippen LogP contribution in [-0.2, 0) is 40.2 Å². The van der Waals surface area contributed by atoms with Crippen LogP contribution in [0, 0.1) is 5.92 Å². The number of ether oxygens (including phenoxy) is 3. The fourth-order valence-corrected chi connectivity index (χ4v) is 5.20. The zero-order valence-corrected chi connectivity index (χ0v) is 20.0. The van der Waals surface area contributed by atoms with Crippen LogP contribution in [0.4, 0.5) is 0 Å². The summed E-state index contributed by atoms with van der Waals surface area (Å²) in [6.07, 6.45) is 1.29. The van der Waals surface area contributed by atoms with Crippen molar-refractivity contribution >= 4 is 50.4 Å². The number of ketones is 3. The van der Waals surface area contributed by atoms with Crippen molar-refractivity contribution < 1.29 is 37.0 Å². The first-order chi connectivity index (χ1) is 15.0. The third-order valence-electron chi connectivity index (χ3n) is 5.40. The van der Waals surface area contributed by atoms with E-state index in [0.29, 0.717) is 6.42 Å². The molecule has 2 aliphatic rings. The quantitative estimate of drug-likeness (QED) is 0.300. The summed E-state index contributed by atoms with van der Waals surface area (Å²) in [7, 11) is -3.70. The van der Waals surface area contributed by atoms with Gasteiger partial charge in [-0.05, 0) is 25.5 Å². The van der Waals surface area contributed by atoms with Crippen LogP contribution in [0.5, 0.6) is 0 Å². The Hall–Kier alpha value is -1.36. The van der Waals surface area contributed by atoms with Crippen LogP contribution in [0.25, 0.3) is 0 Å². The van der Waals surface area contributed by atoms with Crippen LogP contribution in [0.2, 0.25) is 5.02 Å². The van der Waals surface area contributed by atoms with E-state index in [1.807, 2.05) is 0 Å². The Morgan fingerprint density at radius 1 is 1.25 bits per heavy atom. The van der Waals surface area contributed by atoms with E-state index >= 15 is 0 Å². The van der Waals surface area contributed by atoms with Gasteiger partial charge in [-0.2, -0.15) is 0 Å². The van der Waals surface area contributed by atoms with Gasteiger partial charge in [-0.1, -0.05) is 11.6 Å². The lowest BCUT2D eigenvalue weighted by Crippen LogP contribution is -2.35. The first-order valence-electron chi connectivity index (χ1n) is 10.0. The smallest absolute Gasteiger partial charge is 0.182 e. The maximum atomic E-state index is 13.0. The number of carbonyl (C=O) groups excluding carboxylic acids is 3. The Bertz CT molecular complexity index is 1020. The predicted octanol–water partition coefficient (Wildman–Crippen LogP) is 2.75. The van der Waals surface area contributed by atoms with Crippen molar-refractivity contribution in [1.29, 1.82) is 0 Å². The second-order valence-electron chi connectivity index (χ2n) is 8.09. The van der Waals surface area contributed by atoms with Gasteiger partial charge < -0.3 is 14.2 Å². The molecule has 2 fully saturated rings. The molecule has 8 nitrogen and oxygen atoms in total. The van der Waals surface area contributed by atoms with E-state index in [0.717, 1.165) is 6.26 Å². The molecule has 1 aliphatic carbocycles. The lowest BCUT2D eigenvalue weighted by molar-refractivity contribution is -0.142. The van der Waals surface area contributed by atoms with Crippen LogP contribution < -0.4 is 0 Å². The van der Waals surface area contributed by atoms with E-state index in [1.54, 1.807) is 6.92 Å². The van der Waals surface area contributed by atoms with E-state index in [1.165, 1.54) is 12.1 Å². The van der Waals surface area contributed by atoms with Gasteiger partial charge in [0.1, 0.15) is 12.0 Å². The third kappa shape index (κ3) is 5.40. The first-order valence-corrected chi connectivity index (χ1v) is 12.8. The van der Waals surface area contributed by atoms with Gasteiger partial charge in [-0.15, -0.1) is 11.6 Å². The molecule has 1 aromatic rings. The molecule has 1 saturated carbocycles. The summed E-state index contributed by atoms with van der Waals surface area (Å²) in [6.45, 7) is 1.79. The molecular weight excluding hydrogens is 483 g/mol. The highest BCUT2D eigenvalue weighted by molar-refractivity contribution is 7.90. The monoisotopic (exact) mass is 506 g/mol. The fraction of sp³-hybridized carbons (Fsp3) is 0.571. The number of hydrogen-bond acceptors (Lipinski definition) is 8. The number of hydrogen-bond donors (Lipinski definition) is 0. The normalized spacial score (nSPS) is 24.8. The van der Waals surface area contributed by atoms with Crippen LogP contribution in [0.15, 0.2) is 17.0 Å². The highest BCUT2D eigenvalue weighted by Gasteiger charge is 2.39. The predicted molar refractivity (Wildman–Crippen MR) is 116 cm³/mol. The van der Waals surface area contributed by atoms with E-state index in [4.69, 9.17) is 37.4 Å². The molecule has 0 bridgehead atoms. The minimum atomic E-state index is -3.70. The summed E-state index contributed by atoms with van der Waals surface area (Å²) in [5, 5.41) is -0.154. The molecule has 0 spiro atoms. The molecule has 1 aliphatic heterocycles. The molecule has 1 saturated heterocycles. The second kappa shape index (κ2) is 9.87. The van der Waals surface area contributed by atoms with Gasteiger partial charge in [0.15, 0.2) is 33.0 Å². The Morgan fingerprint density at radius 3 is 2.47 bits per heavy atom. The van der Waals surface area contributed by atoms with Gasteiger partial charge in [-0.25, -0.2) is 8.42 Å². The van der Waals surface area contributed by atoms with Gasteiger partial charge in [0.25, 0.3) is 0 Å². The Balaban J connectivity index is 1.84. The van der Waals surface area contributed by atoms with Crippen LogP contribution in [0.1, 0.15) is 42.1 Å². The van der Waals surface area contributed by atoms with Crippen LogP contribution >= 0.6 is 23.2 Å². The van der Waals surface area contributed by atoms with Crippen molar-refractivity contribution in [3.05, 3.63) is 28.3 Å². The number of Topliss-reactive ketones (excluding diaryl/α,β-unsaturated/α-hetero) is 3. The summed E-state index contributed by atoms with van der Waals surface area (Å²) in [5.74, 6) is -3.82. The first kappa shape index (κ1) is 25.3. The van der Waals surface area contributed by atoms with Crippen LogP contribution in [0.3, 0.4) is 0 Å². The van der Waals surface area contributed by atoms with Gasteiger partial charge in [0.2, 0.25) is 0 Å². The van der Waals surface area contributed by atoms with Crippen molar-refractivity contribution in [1.82, 2.24) is 0 Å². The van der Waals surface area contributed by atoms with E-state index in [-0.39, 0.29) is 59.6 Å².